The number of ether oxygens (including phenoxy) is 1. The summed E-state index contributed by atoms with van der Waals surface area (Å²) in [5, 5.41) is 2.91. The highest BCUT2D eigenvalue weighted by Gasteiger charge is 2.33. The van der Waals surface area contributed by atoms with Crippen molar-refractivity contribution in [2.75, 3.05) is 23.0 Å². The number of methoxy groups -OCH3 is 1. The molecule has 6 nitrogen and oxygen atoms in total. The number of hydrogen-bond donors (Lipinski definition) is 1. The van der Waals surface area contributed by atoms with Crippen LogP contribution in [0.2, 0.25) is 5.02 Å². The largest absolute Gasteiger partial charge is 0.495 e. The monoisotopic (exact) mass is 414 g/mol. The smallest absolute Gasteiger partial charge is 0.248 e. The van der Waals surface area contributed by atoms with Gasteiger partial charge < -0.3 is 10.1 Å². The number of nitrogens with one attached hydrogen (secondary N) is 1. The minimum absolute atomic E-state index is 0.136. The number of halogens is 2. The van der Waals surface area contributed by atoms with Crippen LogP contribution in [0, 0.1) is 5.82 Å². The third kappa shape index (κ3) is 4.90. The molecule has 0 saturated heterocycles. The number of benzene rings is 2. The first-order valence-corrected chi connectivity index (χ1v) is 10.3. The Morgan fingerprint density at radius 1 is 1.30 bits per heavy atom. The van der Waals surface area contributed by atoms with Gasteiger partial charge in [-0.2, -0.15) is 0 Å². The van der Waals surface area contributed by atoms with Crippen LogP contribution < -0.4 is 14.4 Å². The van der Waals surface area contributed by atoms with Gasteiger partial charge in [0, 0.05) is 5.69 Å². The molecule has 0 aliphatic carbocycles. The number of anilines is 2. The third-order valence-electron chi connectivity index (χ3n) is 3.84. The molecule has 2 rings (SSSR count). The van der Waals surface area contributed by atoms with Crippen molar-refractivity contribution >= 4 is 38.9 Å². The number of amides is 1. The Hall–Kier alpha value is -2.32. The Morgan fingerprint density at radius 2 is 1.96 bits per heavy atom. The van der Waals surface area contributed by atoms with Crippen molar-refractivity contribution < 1.29 is 22.3 Å². The Kier molecular flexibility index (Phi) is 6.67. The molecule has 0 unspecified atom stereocenters. The number of para-hydroxylation sites is 1. The highest BCUT2D eigenvalue weighted by Crippen LogP contribution is 2.29. The maximum absolute atomic E-state index is 14.2. The first-order valence-electron chi connectivity index (χ1n) is 8.07. The number of carbonyl (C=O) groups is 1. The van der Waals surface area contributed by atoms with Crippen molar-refractivity contribution in [2.45, 2.75) is 19.4 Å². The first-order chi connectivity index (χ1) is 12.7. The molecule has 0 saturated carbocycles. The highest BCUT2D eigenvalue weighted by molar-refractivity contribution is 7.92. The second-order valence-corrected chi connectivity index (χ2v) is 8.04. The summed E-state index contributed by atoms with van der Waals surface area (Å²) in [7, 11) is -2.46. The molecule has 1 atom stereocenters. The van der Waals surface area contributed by atoms with E-state index in [0.717, 1.165) is 16.6 Å². The summed E-state index contributed by atoms with van der Waals surface area (Å²) in [6.07, 6.45) is 1.07. The van der Waals surface area contributed by atoms with E-state index in [1.54, 1.807) is 19.1 Å². The third-order valence-corrected chi connectivity index (χ3v) is 5.30. The predicted molar refractivity (Wildman–Crippen MR) is 104 cm³/mol. The van der Waals surface area contributed by atoms with Crippen LogP contribution in [0.4, 0.5) is 15.8 Å². The summed E-state index contributed by atoms with van der Waals surface area (Å²) >= 11 is 6.05. The molecular formula is C18H20ClFN2O4S. The van der Waals surface area contributed by atoms with E-state index in [-0.39, 0.29) is 17.1 Å². The zero-order valence-electron chi connectivity index (χ0n) is 15.1. The van der Waals surface area contributed by atoms with Gasteiger partial charge in [-0.1, -0.05) is 30.7 Å². The molecule has 1 amide bonds. The van der Waals surface area contributed by atoms with Gasteiger partial charge in [0.2, 0.25) is 15.9 Å². The zero-order valence-corrected chi connectivity index (χ0v) is 16.6. The van der Waals surface area contributed by atoms with Crippen molar-refractivity contribution in [3.8, 4) is 5.75 Å². The lowest BCUT2D eigenvalue weighted by molar-refractivity contribution is -0.117. The average molecular weight is 415 g/mol. The van der Waals surface area contributed by atoms with Gasteiger partial charge in [0.25, 0.3) is 0 Å². The SMILES string of the molecule is CC[C@@H](C(=O)Nc1ccc(OC)c(Cl)c1)N(c1ccccc1F)S(C)(=O)=O. The molecule has 0 bridgehead atoms. The van der Waals surface area contributed by atoms with Gasteiger partial charge in [-0.25, -0.2) is 12.8 Å². The maximum atomic E-state index is 14.2. The minimum Gasteiger partial charge on any atom is -0.495 e. The van der Waals surface area contributed by atoms with Crippen LogP contribution in [0.1, 0.15) is 13.3 Å². The topological polar surface area (TPSA) is 75.7 Å². The number of nitrogens with zero attached hydrogens (tertiary/aromatic N) is 1. The van der Waals surface area contributed by atoms with Crippen LogP contribution in [0.5, 0.6) is 5.75 Å². The predicted octanol–water partition coefficient (Wildman–Crippen LogP) is 3.67. The van der Waals surface area contributed by atoms with Gasteiger partial charge in [0.05, 0.1) is 24.1 Å². The molecule has 1 N–H and O–H groups in total. The van der Waals surface area contributed by atoms with Gasteiger partial charge in [0.15, 0.2) is 0 Å². The van der Waals surface area contributed by atoms with Gasteiger partial charge in [-0.05, 0) is 36.8 Å². The average Bonchev–Trinajstić information content (AvgIpc) is 2.59. The quantitative estimate of drug-likeness (QED) is 0.750. The molecular weight excluding hydrogens is 395 g/mol. The van der Waals surface area contributed by atoms with Crippen LogP contribution >= 0.6 is 11.6 Å². The number of sulfonamides is 1. The number of hydrogen-bond acceptors (Lipinski definition) is 4. The lowest BCUT2D eigenvalue weighted by Crippen LogP contribution is -2.47. The van der Waals surface area contributed by atoms with Crippen molar-refractivity contribution in [2.24, 2.45) is 0 Å². The minimum atomic E-state index is -3.92. The van der Waals surface area contributed by atoms with Crippen LogP contribution in [-0.4, -0.2) is 33.7 Å². The summed E-state index contributed by atoms with van der Waals surface area (Å²) in [6, 6.07) is 8.90. The molecule has 0 radical (unpaired) electrons. The molecule has 2 aromatic rings. The zero-order chi connectivity index (χ0) is 20.2. The van der Waals surface area contributed by atoms with E-state index in [0.29, 0.717) is 11.4 Å². The van der Waals surface area contributed by atoms with Crippen molar-refractivity contribution in [1.29, 1.82) is 0 Å². The molecule has 0 aromatic heterocycles. The Balaban J connectivity index is 2.38. The molecule has 0 heterocycles. The molecule has 0 aliphatic rings. The fourth-order valence-corrected chi connectivity index (χ4v) is 4.11. The van der Waals surface area contributed by atoms with Crippen LogP contribution in [0.15, 0.2) is 42.5 Å². The van der Waals surface area contributed by atoms with Gasteiger partial charge in [0.1, 0.15) is 17.6 Å². The maximum Gasteiger partial charge on any atom is 0.248 e. The Morgan fingerprint density at radius 3 is 2.48 bits per heavy atom. The second-order valence-electron chi connectivity index (χ2n) is 5.77. The van der Waals surface area contributed by atoms with E-state index in [1.807, 2.05) is 0 Å². The van der Waals surface area contributed by atoms with Crippen LogP contribution in [-0.2, 0) is 14.8 Å². The number of rotatable bonds is 7. The summed E-state index contributed by atoms with van der Waals surface area (Å²) < 4.78 is 44.7. The van der Waals surface area contributed by atoms with E-state index >= 15 is 0 Å². The molecule has 0 spiro atoms. The highest BCUT2D eigenvalue weighted by atomic mass is 35.5. The van der Waals surface area contributed by atoms with E-state index < -0.39 is 27.8 Å². The van der Waals surface area contributed by atoms with Gasteiger partial charge in [-0.15, -0.1) is 0 Å². The van der Waals surface area contributed by atoms with Crippen LogP contribution in [0.3, 0.4) is 0 Å². The van der Waals surface area contributed by atoms with E-state index in [2.05, 4.69) is 5.32 Å². The van der Waals surface area contributed by atoms with Gasteiger partial charge in [-0.3, -0.25) is 9.10 Å². The first kappa shape index (κ1) is 21.0. The van der Waals surface area contributed by atoms with E-state index in [1.165, 1.54) is 31.4 Å². The second kappa shape index (κ2) is 8.58. The molecule has 0 aliphatic heterocycles. The van der Waals surface area contributed by atoms with Crippen molar-refractivity contribution in [3.05, 3.63) is 53.3 Å². The van der Waals surface area contributed by atoms with Gasteiger partial charge >= 0.3 is 0 Å². The molecule has 9 heteroatoms. The van der Waals surface area contributed by atoms with E-state index in [4.69, 9.17) is 16.3 Å². The molecule has 0 fully saturated rings. The number of carbonyl (C=O) groups excluding carboxylic acids is 1. The summed E-state index contributed by atoms with van der Waals surface area (Å²) in [5.41, 5.74) is 0.181. The summed E-state index contributed by atoms with van der Waals surface area (Å²) in [6.45, 7) is 1.64. The fourth-order valence-electron chi connectivity index (χ4n) is 2.64. The standard InChI is InChI=1S/C18H20ClFN2O4S/c1-4-15(18(23)21-12-9-10-17(26-2)13(19)11-12)22(27(3,24)25)16-8-6-5-7-14(16)20/h5-11,15H,4H2,1-3H3,(H,21,23)/t15-/m0/s1. The lowest BCUT2D eigenvalue weighted by Gasteiger charge is -2.30. The molecule has 146 valence electrons. The van der Waals surface area contributed by atoms with Crippen LogP contribution in [0.25, 0.3) is 0 Å². The van der Waals surface area contributed by atoms with Crippen molar-refractivity contribution in [1.82, 2.24) is 0 Å². The van der Waals surface area contributed by atoms with Crippen molar-refractivity contribution in [3.63, 3.8) is 0 Å². The summed E-state index contributed by atoms with van der Waals surface area (Å²) in [4.78, 5) is 12.8. The van der Waals surface area contributed by atoms with E-state index in [9.17, 15) is 17.6 Å². The molecule has 27 heavy (non-hydrogen) atoms. The summed E-state index contributed by atoms with van der Waals surface area (Å²) in [5.74, 6) is -0.903. The normalized spacial score (nSPS) is 12.3. The fraction of sp³-hybridized carbons (Fsp3) is 0.278. The Bertz CT molecular complexity index is 937. The molecule has 2 aromatic carbocycles. The lowest BCUT2D eigenvalue weighted by atomic mass is 10.1. The Labute approximate surface area is 162 Å².